The number of methoxy groups -OCH3 is 1. The van der Waals surface area contributed by atoms with E-state index < -0.39 is 48.9 Å². The van der Waals surface area contributed by atoms with Gasteiger partial charge in [0.1, 0.15) is 24.9 Å². The van der Waals surface area contributed by atoms with Crippen LogP contribution in [0.4, 0.5) is 21.0 Å². The van der Waals surface area contributed by atoms with Gasteiger partial charge in [0.2, 0.25) is 6.29 Å². The summed E-state index contributed by atoms with van der Waals surface area (Å²) < 4.78 is 19.6. The monoisotopic (exact) mass is 506 g/mol. The van der Waals surface area contributed by atoms with E-state index in [1.165, 1.54) is 12.1 Å². The number of anilines is 2. The average molecular weight is 506 g/mol. The molecule has 194 valence electrons. The lowest BCUT2D eigenvalue weighted by Crippen LogP contribution is -2.61. The summed E-state index contributed by atoms with van der Waals surface area (Å²) in [5.74, 6) is -1.02. The first-order valence-electron chi connectivity index (χ1n) is 10.7. The molecule has 0 aromatic heterocycles. The van der Waals surface area contributed by atoms with Crippen molar-refractivity contribution in [3.8, 4) is 0 Å². The largest absolute Gasteiger partial charge is 0.467 e. The molecule has 0 bridgehead atoms. The number of aliphatic hydroxyl groups excluding tert-OH is 4. The van der Waals surface area contributed by atoms with Crippen LogP contribution in [0.3, 0.4) is 0 Å². The minimum Gasteiger partial charge on any atom is -0.467 e. The Balaban J connectivity index is 1.48. The quantitative estimate of drug-likeness (QED) is 0.226. The van der Waals surface area contributed by atoms with Gasteiger partial charge in [0, 0.05) is 11.4 Å². The number of nitrogens with one attached hydrogen (secondary N) is 2. The normalized spacial score (nSPS) is 23.3. The molecule has 13 nitrogen and oxygen atoms in total. The Morgan fingerprint density at radius 1 is 0.833 bits per heavy atom. The van der Waals surface area contributed by atoms with Gasteiger partial charge < -0.3 is 39.4 Å². The van der Waals surface area contributed by atoms with Gasteiger partial charge in [-0.25, -0.2) is 14.4 Å². The van der Waals surface area contributed by atoms with E-state index in [0.29, 0.717) is 16.8 Å². The van der Waals surface area contributed by atoms with Gasteiger partial charge in [-0.2, -0.15) is 0 Å². The fourth-order valence-electron chi connectivity index (χ4n) is 3.19. The molecule has 5 atom stereocenters. The number of hydrogen-bond acceptors (Lipinski definition) is 11. The first-order valence-corrected chi connectivity index (χ1v) is 10.7. The fraction of sp³-hybridized carbons (Fsp3) is 0.348. The molecule has 0 aliphatic carbocycles. The Morgan fingerprint density at radius 3 is 1.94 bits per heavy atom. The second-order valence-electron chi connectivity index (χ2n) is 7.70. The number of rotatable bonds is 7. The van der Waals surface area contributed by atoms with E-state index in [0.717, 1.165) is 7.11 Å². The zero-order valence-electron chi connectivity index (χ0n) is 19.1. The molecule has 2 aromatic rings. The van der Waals surface area contributed by atoms with Crippen LogP contribution in [-0.2, 0) is 37.0 Å². The number of aliphatic hydroxyl groups is 4. The van der Waals surface area contributed by atoms with E-state index in [-0.39, 0.29) is 18.9 Å². The zero-order chi connectivity index (χ0) is 26.2. The Morgan fingerprint density at radius 2 is 1.39 bits per heavy atom. The zero-order valence-corrected chi connectivity index (χ0v) is 19.1. The van der Waals surface area contributed by atoms with Crippen LogP contribution in [0.2, 0.25) is 0 Å². The van der Waals surface area contributed by atoms with Crippen molar-refractivity contribution in [3.05, 3.63) is 59.7 Å². The molecule has 6 N–H and O–H groups in total. The standard InChI is InChI=1S/C23H26N2O11/c1-33-20(30)19-17(28)16(27)18(29)21(35-19)36-23(32)25-15-8-4-13(5-9-15)11-34-22(31)24-14-6-2-12(10-26)3-7-14/h2-9,16-19,21,26-29H,10-11H2,1H3,(H,24,31)(H,25,32). The predicted molar refractivity (Wildman–Crippen MR) is 121 cm³/mol. The summed E-state index contributed by atoms with van der Waals surface area (Å²) in [4.78, 5) is 35.8. The van der Waals surface area contributed by atoms with E-state index in [9.17, 15) is 29.7 Å². The fourth-order valence-corrected chi connectivity index (χ4v) is 3.19. The van der Waals surface area contributed by atoms with Gasteiger partial charge in [-0.3, -0.25) is 10.6 Å². The number of benzene rings is 2. The molecule has 3 rings (SSSR count). The van der Waals surface area contributed by atoms with Gasteiger partial charge in [-0.1, -0.05) is 24.3 Å². The number of amides is 2. The van der Waals surface area contributed by atoms with Crippen molar-refractivity contribution in [2.45, 2.75) is 43.9 Å². The number of esters is 1. The van der Waals surface area contributed by atoms with E-state index in [4.69, 9.17) is 19.3 Å². The number of carbonyl (C=O) groups is 3. The molecule has 1 saturated heterocycles. The lowest BCUT2D eigenvalue weighted by Gasteiger charge is -2.38. The van der Waals surface area contributed by atoms with Gasteiger partial charge in [-0.05, 0) is 35.4 Å². The van der Waals surface area contributed by atoms with Gasteiger partial charge in [0.25, 0.3) is 0 Å². The summed E-state index contributed by atoms with van der Waals surface area (Å²) in [6, 6.07) is 12.7. The van der Waals surface area contributed by atoms with E-state index >= 15 is 0 Å². The maximum atomic E-state index is 12.2. The van der Waals surface area contributed by atoms with Gasteiger partial charge >= 0.3 is 18.2 Å². The molecule has 0 spiro atoms. The minimum absolute atomic E-state index is 0.0531. The highest BCUT2D eigenvalue weighted by Gasteiger charge is 2.49. The molecule has 36 heavy (non-hydrogen) atoms. The third kappa shape index (κ3) is 6.90. The number of ether oxygens (including phenoxy) is 4. The Labute approximate surface area is 205 Å². The summed E-state index contributed by atoms with van der Waals surface area (Å²) in [6.07, 6.45) is -10.6. The molecule has 1 heterocycles. The highest BCUT2D eigenvalue weighted by molar-refractivity contribution is 5.85. The molecule has 1 aliphatic heterocycles. The molecule has 2 amide bonds. The second-order valence-corrected chi connectivity index (χ2v) is 7.70. The van der Waals surface area contributed by atoms with Crippen LogP contribution in [-0.4, -0.2) is 76.4 Å². The second kappa shape index (κ2) is 12.3. The molecule has 0 radical (unpaired) electrons. The van der Waals surface area contributed by atoms with Gasteiger partial charge in [0.15, 0.2) is 6.10 Å². The summed E-state index contributed by atoms with van der Waals surface area (Å²) in [5.41, 5.74) is 2.11. The molecule has 0 saturated carbocycles. The molecule has 2 aromatic carbocycles. The lowest BCUT2D eigenvalue weighted by atomic mass is 9.99. The lowest BCUT2D eigenvalue weighted by molar-refractivity contribution is -0.278. The van der Waals surface area contributed by atoms with Crippen LogP contribution in [0, 0.1) is 0 Å². The van der Waals surface area contributed by atoms with E-state index in [1.807, 2.05) is 0 Å². The summed E-state index contributed by atoms with van der Waals surface area (Å²) in [6.45, 7) is -0.157. The number of carbonyl (C=O) groups excluding carboxylic acids is 3. The summed E-state index contributed by atoms with van der Waals surface area (Å²) >= 11 is 0. The van der Waals surface area contributed by atoms with Gasteiger partial charge in [0.05, 0.1) is 13.7 Å². The molecular weight excluding hydrogens is 480 g/mol. The Bertz CT molecular complexity index is 1050. The maximum Gasteiger partial charge on any atom is 0.414 e. The van der Waals surface area contributed by atoms with E-state index in [1.54, 1.807) is 36.4 Å². The van der Waals surface area contributed by atoms with Crippen LogP contribution in [0.25, 0.3) is 0 Å². The third-order valence-electron chi connectivity index (χ3n) is 5.18. The van der Waals surface area contributed by atoms with Crippen molar-refractivity contribution in [3.63, 3.8) is 0 Å². The van der Waals surface area contributed by atoms with Crippen molar-refractivity contribution >= 4 is 29.5 Å². The third-order valence-corrected chi connectivity index (χ3v) is 5.18. The van der Waals surface area contributed by atoms with Crippen LogP contribution in [0.5, 0.6) is 0 Å². The topological polar surface area (TPSA) is 193 Å². The first-order chi connectivity index (χ1) is 17.2. The van der Waals surface area contributed by atoms with E-state index in [2.05, 4.69) is 15.4 Å². The average Bonchev–Trinajstić information content (AvgIpc) is 2.88. The first kappa shape index (κ1) is 26.8. The molecule has 1 fully saturated rings. The van der Waals surface area contributed by atoms with Crippen LogP contribution < -0.4 is 10.6 Å². The van der Waals surface area contributed by atoms with Crippen LogP contribution in [0.1, 0.15) is 11.1 Å². The van der Waals surface area contributed by atoms with Gasteiger partial charge in [-0.15, -0.1) is 0 Å². The van der Waals surface area contributed by atoms with Crippen molar-refractivity contribution in [2.75, 3.05) is 17.7 Å². The Hall–Kier alpha value is -3.75. The van der Waals surface area contributed by atoms with Crippen LogP contribution in [0.15, 0.2) is 48.5 Å². The highest BCUT2D eigenvalue weighted by atomic mass is 16.7. The SMILES string of the molecule is COC(=O)C1OC(OC(=O)Nc2ccc(COC(=O)Nc3ccc(CO)cc3)cc2)C(O)C(O)C1O. The maximum absolute atomic E-state index is 12.2. The summed E-state index contributed by atoms with van der Waals surface area (Å²) in [5, 5.41) is 43.7. The van der Waals surface area contributed by atoms with Crippen molar-refractivity contribution in [1.82, 2.24) is 0 Å². The van der Waals surface area contributed by atoms with Crippen molar-refractivity contribution in [1.29, 1.82) is 0 Å². The minimum atomic E-state index is -1.82. The predicted octanol–water partition coefficient (Wildman–Crippen LogP) is 0.457. The summed E-state index contributed by atoms with van der Waals surface area (Å²) in [7, 11) is 1.04. The van der Waals surface area contributed by atoms with Crippen molar-refractivity contribution in [2.24, 2.45) is 0 Å². The molecular formula is C23H26N2O11. The highest BCUT2D eigenvalue weighted by Crippen LogP contribution is 2.23. The smallest absolute Gasteiger partial charge is 0.414 e. The molecule has 13 heteroatoms. The molecule has 5 unspecified atom stereocenters. The van der Waals surface area contributed by atoms with Crippen molar-refractivity contribution < 1.29 is 53.8 Å². The Kier molecular flexibility index (Phi) is 9.16. The van der Waals surface area contributed by atoms with Crippen LogP contribution >= 0.6 is 0 Å². The number of hydrogen-bond donors (Lipinski definition) is 6. The molecule has 1 aliphatic rings.